The second-order valence-electron chi connectivity index (χ2n) is 14.3. The topological polar surface area (TPSA) is 382 Å². The first-order valence-corrected chi connectivity index (χ1v) is 18.9. The molecule has 0 saturated carbocycles. The van der Waals surface area contributed by atoms with Gasteiger partial charge in [-0.3, -0.25) is 24.0 Å². The van der Waals surface area contributed by atoms with Crippen molar-refractivity contribution >= 4 is 41.6 Å². The van der Waals surface area contributed by atoms with Gasteiger partial charge in [0.15, 0.2) is 18.2 Å². The van der Waals surface area contributed by atoms with Gasteiger partial charge in [-0.15, -0.1) is 0 Å². The molecule has 2 fully saturated rings. The number of fused-ring (bicyclic) bond motifs is 1. The molecule has 0 aromatic carbocycles. The van der Waals surface area contributed by atoms with Crippen molar-refractivity contribution in [2.24, 2.45) is 27.9 Å². The van der Waals surface area contributed by atoms with Gasteiger partial charge in [0.25, 0.3) is 0 Å². The molecule has 56 heavy (non-hydrogen) atoms. The molecule has 318 valence electrons. The molecule has 3 aliphatic heterocycles. The number of carbonyl (C=O) groups excluding carboxylic acids is 6. The van der Waals surface area contributed by atoms with Crippen LogP contribution in [0.2, 0.25) is 0 Å². The van der Waals surface area contributed by atoms with Gasteiger partial charge < -0.3 is 84.9 Å². The summed E-state index contributed by atoms with van der Waals surface area (Å²) in [6.07, 6.45) is -4.88. The fourth-order valence-corrected chi connectivity index (χ4v) is 6.58. The molecular weight excluding hydrogens is 740 g/mol. The van der Waals surface area contributed by atoms with E-state index < -0.39 is 91.3 Å². The Morgan fingerprint density at radius 3 is 2.14 bits per heavy atom. The van der Waals surface area contributed by atoms with Gasteiger partial charge in [0.05, 0.1) is 12.1 Å². The Morgan fingerprint density at radius 2 is 1.55 bits per heavy atom. The number of aliphatic imine (C=N–C) groups is 1. The van der Waals surface area contributed by atoms with Gasteiger partial charge in [-0.2, -0.15) is 0 Å². The van der Waals surface area contributed by atoms with Crippen molar-refractivity contribution in [3.63, 3.8) is 0 Å². The van der Waals surface area contributed by atoms with E-state index in [1.807, 2.05) is 0 Å². The summed E-state index contributed by atoms with van der Waals surface area (Å²) in [5, 5.41) is 51.4. The van der Waals surface area contributed by atoms with Gasteiger partial charge in [-0.05, 0) is 45.1 Å². The van der Waals surface area contributed by atoms with Crippen LogP contribution in [0, 0.1) is 0 Å². The van der Waals surface area contributed by atoms with E-state index in [1.165, 1.54) is 6.92 Å². The minimum absolute atomic E-state index is 0.00122. The molecule has 6 amide bonds. The minimum Gasteiger partial charge on any atom is -0.447 e. The van der Waals surface area contributed by atoms with Crippen LogP contribution < -0.4 is 60.2 Å². The van der Waals surface area contributed by atoms with Crippen LogP contribution in [0.15, 0.2) is 4.99 Å². The summed E-state index contributed by atoms with van der Waals surface area (Å²) in [4.78, 5) is 77.6. The van der Waals surface area contributed by atoms with Crippen LogP contribution in [0.25, 0.3) is 0 Å². The lowest BCUT2D eigenvalue weighted by Gasteiger charge is -2.43. The van der Waals surface area contributed by atoms with E-state index in [-0.39, 0.29) is 62.6 Å². The van der Waals surface area contributed by atoms with Crippen LogP contribution >= 0.6 is 0 Å². The summed E-state index contributed by atoms with van der Waals surface area (Å²) in [5.41, 5.74) is 22.5. The van der Waals surface area contributed by atoms with E-state index in [0.717, 1.165) is 6.42 Å². The Balaban J connectivity index is 1.49. The van der Waals surface area contributed by atoms with Gasteiger partial charge in [0.1, 0.15) is 31.0 Å². The Hall–Kier alpha value is -4.39. The van der Waals surface area contributed by atoms with Crippen LogP contribution in [0.5, 0.6) is 0 Å². The average Bonchev–Trinajstić information content (AvgIpc) is 3.56. The highest BCUT2D eigenvalue weighted by molar-refractivity contribution is 5.92. The van der Waals surface area contributed by atoms with Crippen molar-refractivity contribution in [3.8, 4) is 0 Å². The first kappa shape index (κ1) is 46.0. The molecule has 0 aromatic rings. The molecule has 0 bridgehead atoms. The number of guanidine groups is 1. The number of nitrogens with two attached hydrogens (primary N) is 4. The Morgan fingerprint density at radius 1 is 0.929 bits per heavy atom. The molecule has 3 heterocycles. The van der Waals surface area contributed by atoms with E-state index in [9.17, 15) is 44.1 Å². The highest BCUT2D eigenvalue weighted by Gasteiger charge is 2.48. The fourth-order valence-electron chi connectivity index (χ4n) is 6.58. The molecule has 2 saturated heterocycles. The number of amides is 6. The summed E-state index contributed by atoms with van der Waals surface area (Å²) in [6.45, 7) is 1.90. The maximum absolute atomic E-state index is 13.3. The Labute approximate surface area is 324 Å². The molecule has 0 aromatic heterocycles. The van der Waals surface area contributed by atoms with Gasteiger partial charge in [0.2, 0.25) is 29.5 Å². The van der Waals surface area contributed by atoms with Crippen LogP contribution in [-0.2, 0) is 33.4 Å². The maximum Gasteiger partial charge on any atom is 0.404 e. The summed E-state index contributed by atoms with van der Waals surface area (Å²) in [6, 6.07) is -4.43. The van der Waals surface area contributed by atoms with Crippen molar-refractivity contribution in [3.05, 3.63) is 0 Å². The first-order valence-electron chi connectivity index (χ1n) is 18.9. The zero-order valence-electron chi connectivity index (χ0n) is 31.6. The third-order valence-corrected chi connectivity index (χ3v) is 9.46. The van der Waals surface area contributed by atoms with Crippen molar-refractivity contribution in [2.45, 2.75) is 132 Å². The van der Waals surface area contributed by atoms with Crippen molar-refractivity contribution in [1.82, 2.24) is 37.2 Å². The van der Waals surface area contributed by atoms with E-state index in [2.05, 4.69) is 42.2 Å². The molecule has 11 atom stereocenters. The van der Waals surface area contributed by atoms with Crippen LogP contribution in [-0.4, -0.2) is 157 Å². The molecule has 0 spiro atoms. The van der Waals surface area contributed by atoms with E-state index in [1.54, 1.807) is 0 Å². The average molecular weight is 801 g/mol. The number of piperidine rings is 1. The van der Waals surface area contributed by atoms with Gasteiger partial charge >= 0.3 is 6.09 Å². The Kier molecular flexibility index (Phi) is 18.9. The Bertz CT molecular complexity index is 1380. The normalized spacial score (nSPS) is 27.2. The largest absolute Gasteiger partial charge is 0.447 e. The number of aliphatic hydroxyl groups excluding tert-OH is 3. The SMILES string of the molecule is CC(=O)N[C@@H](CCCNC(=O)C[C@@H](N)CCCNC(=O)C[C@H](N)CCCN)CC(=O)NC1C(NC2=N[C@@H]3C(=O)NC[C@@H](O)[C@H]3N2)OC(COC(N)=O)C(O)C1O. The number of primary amides is 1. The summed E-state index contributed by atoms with van der Waals surface area (Å²) < 4.78 is 10.6. The smallest absolute Gasteiger partial charge is 0.404 e. The molecular formula is C33H60N12O11. The van der Waals surface area contributed by atoms with E-state index >= 15 is 0 Å². The number of hydrogen-bond acceptors (Lipinski definition) is 17. The predicted molar refractivity (Wildman–Crippen MR) is 199 cm³/mol. The maximum atomic E-state index is 13.3. The summed E-state index contributed by atoms with van der Waals surface area (Å²) >= 11 is 0. The van der Waals surface area contributed by atoms with Gasteiger partial charge in [-0.1, -0.05) is 0 Å². The van der Waals surface area contributed by atoms with Crippen molar-refractivity contribution < 1.29 is 53.6 Å². The molecule has 23 heteroatoms. The number of hydrogen-bond donors (Lipinski definition) is 14. The lowest BCUT2D eigenvalue weighted by atomic mass is 9.95. The molecule has 5 unspecified atom stereocenters. The number of rotatable bonds is 22. The zero-order chi connectivity index (χ0) is 41.4. The molecule has 23 nitrogen and oxygen atoms in total. The molecule has 0 radical (unpaired) electrons. The lowest BCUT2D eigenvalue weighted by Crippen LogP contribution is -2.69. The number of carbonyl (C=O) groups is 6. The van der Waals surface area contributed by atoms with E-state index in [0.29, 0.717) is 38.8 Å². The quantitative estimate of drug-likeness (QED) is 0.0453. The number of ether oxygens (including phenoxy) is 2. The summed E-state index contributed by atoms with van der Waals surface area (Å²) in [7, 11) is 0. The third-order valence-electron chi connectivity index (χ3n) is 9.46. The lowest BCUT2D eigenvalue weighted by molar-refractivity contribution is -0.198. The third kappa shape index (κ3) is 15.3. The predicted octanol–water partition coefficient (Wildman–Crippen LogP) is -6.35. The number of nitrogens with one attached hydrogen (secondary N) is 7. The first-order chi connectivity index (χ1) is 26.6. The monoisotopic (exact) mass is 800 g/mol. The number of aliphatic hydroxyl groups is 3. The van der Waals surface area contributed by atoms with Crippen molar-refractivity contribution in [2.75, 3.05) is 32.8 Å². The van der Waals surface area contributed by atoms with Crippen molar-refractivity contribution in [1.29, 1.82) is 0 Å². The van der Waals surface area contributed by atoms with Crippen LogP contribution in [0.3, 0.4) is 0 Å². The second-order valence-corrected chi connectivity index (χ2v) is 14.3. The highest BCUT2D eigenvalue weighted by Crippen LogP contribution is 2.22. The zero-order valence-corrected chi connectivity index (χ0v) is 31.6. The summed E-state index contributed by atoms with van der Waals surface area (Å²) in [5.74, 6) is -1.91. The highest BCUT2D eigenvalue weighted by atomic mass is 16.6. The second kappa shape index (κ2) is 23.0. The van der Waals surface area contributed by atoms with Crippen LogP contribution in [0.4, 0.5) is 4.79 Å². The standard InChI is InChI=1S/C33H60N12O11/c1-16(46)41-19(7-4-10-39-23(49)12-18(36)6-3-9-38-22(48)11-17(35)5-2-8-34)13-24(50)42-27-29(52)28(51)21(15-55-32(37)54)56-31(27)45-33-43-25-20(47)14-40-30(53)26(25)44-33/h17-21,25-29,31,47,51-52H,2-15,34-36H2,1H3,(H2,37,54)(H,38,48)(H,39,49)(H,40,53)(H,41,46)(H,42,50)(H2,43,44,45)/t17-,18+,19+,20-,21?,25-,26+,27?,28?,29?,31?/m1/s1. The number of β-amino-alcohol motifs (C(OH)–C–C–N with tert-alkyl or cyclic N) is 1. The fraction of sp³-hybridized carbons (Fsp3) is 0.788. The molecule has 18 N–H and O–H groups in total. The number of nitrogens with zero attached hydrogens (tertiary/aromatic N) is 1. The minimum atomic E-state index is -1.68. The molecule has 3 aliphatic rings. The van der Waals surface area contributed by atoms with Gasteiger partial charge in [0, 0.05) is 63.9 Å². The van der Waals surface area contributed by atoms with Crippen LogP contribution in [0.1, 0.15) is 64.7 Å². The molecule has 0 aliphatic carbocycles. The van der Waals surface area contributed by atoms with Gasteiger partial charge in [-0.25, -0.2) is 9.79 Å². The van der Waals surface area contributed by atoms with E-state index in [4.69, 9.17) is 32.4 Å². The molecule has 3 rings (SSSR count).